The number of aromatic amines is 1. The molecule has 0 bridgehead atoms. The average Bonchev–Trinajstić information content (AvgIpc) is 3.38. The fraction of sp³-hybridized carbons (Fsp3) is 0.833. The van der Waals surface area contributed by atoms with Gasteiger partial charge < -0.3 is 0 Å². The predicted molar refractivity (Wildman–Crippen MR) is 139 cm³/mol. The molecular weight excluding hydrogens is 476 g/mol. The van der Waals surface area contributed by atoms with Crippen molar-refractivity contribution in [2.24, 2.45) is 50.7 Å². The predicted octanol–water partition coefficient (Wildman–Crippen LogP) is 4.50. The van der Waals surface area contributed by atoms with Crippen molar-refractivity contribution in [3.8, 4) is 6.07 Å². The fourth-order valence-corrected chi connectivity index (χ4v) is 11.0. The Morgan fingerprint density at radius 2 is 1.68 bits per heavy atom. The molecule has 0 spiro atoms. The van der Waals surface area contributed by atoms with Gasteiger partial charge in [0.25, 0.3) is 0 Å². The van der Waals surface area contributed by atoms with Crippen molar-refractivity contribution in [1.29, 1.82) is 5.26 Å². The lowest BCUT2D eigenvalue weighted by molar-refractivity contribution is -0.876. The first-order chi connectivity index (χ1) is 17.7. The third kappa shape index (κ3) is 2.97. The summed E-state index contributed by atoms with van der Waals surface area (Å²) in [4.78, 5) is 29.7. The first-order valence-corrected chi connectivity index (χ1v) is 14.5. The number of carbonyl (C=O) groups is 2. The first kappa shape index (κ1) is 25.8. The van der Waals surface area contributed by atoms with Crippen molar-refractivity contribution in [1.82, 2.24) is 20.9 Å². The van der Waals surface area contributed by atoms with E-state index in [4.69, 9.17) is 0 Å². The molecule has 1 aromatic heterocycles. The van der Waals surface area contributed by atoms with Crippen molar-refractivity contribution in [3.63, 3.8) is 0 Å². The van der Waals surface area contributed by atoms with Gasteiger partial charge in [-0.15, -0.1) is 0 Å². The highest BCUT2D eigenvalue weighted by molar-refractivity contribution is 6.04. The van der Waals surface area contributed by atoms with Crippen LogP contribution in [0.1, 0.15) is 99.8 Å². The van der Waals surface area contributed by atoms with Crippen molar-refractivity contribution in [2.75, 3.05) is 0 Å². The molecule has 5 aliphatic carbocycles. The molecule has 1 N–H and O–H groups in total. The van der Waals surface area contributed by atoms with Gasteiger partial charge in [-0.05, 0) is 78.4 Å². The van der Waals surface area contributed by atoms with Crippen LogP contribution in [0, 0.1) is 62.1 Å². The molecule has 0 saturated heterocycles. The number of allylic oxidation sites excluding steroid dienone is 2. The second-order valence-corrected chi connectivity index (χ2v) is 15.5. The molecule has 38 heavy (non-hydrogen) atoms. The summed E-state index contributed by atoms with van der Waals surface area (Å²) in [6.45, 7) is 15.8. The summed E-state index contributed by atoms with van der Waals surface area (Å²) in [5, 5.41) is 25.2. The van der Waals surface area contributed by atoms with E-state index in [-0.39, 0.29) is 62.2 Å². The van der Waals surface area contributed by atoms with Gasteiger partial charge in [0.2, 0.25) is 10.4 Å². The Balaban J connectivity index is 1.49. The van der Waals surface area contributed by atoms with Gasteiger partial charge >= 0.3 is 0 Å². The average molecular weight is 520 g/mol. The van der Waals surface area contributed by atoms with E-state index in [1.165, 1.54) is 0 Å². The number of aromatic nitrogens is 5. The first-order valence-electron chi connectivity index (χ1n) is 14.5. The molecule has 0 aliphatic heterocycles. The molecule has 1 heterocycles. The number of hydrogen-bond acceptors (Lipinski definition) is 6. The number of fused-ring (bicyclic) bond motifs is 7. The number of nitriles is 1. The molecule has 4 fully saturated rings. The van der Waals surface area contributed by atoms with E-state index in [2.05, 4.69) is 61.5 Å². The van der Waals surface area contributed by atoms with Crippen molar-refractivity contribution >= 4 is 11.6 Å². The van der Waals surface area contributed by atoms with Crippen LogP contribution < -0.4 is 4.80 Å². The molecule has 0 amide bonds. The molecular formula is C30H43N6O2+. The Morgan fingerprint density at radius 1 is 0.974 bits per heavy atom. The maximum Gasteiger partial charge on any atom is 0.231 e. The second kappa shape index (κ2) is 7.61. The van der Waals surface area contributed by atoms with E-state index in [0.717, 1.165) is 44.9 Å². The zero-order valence-corrected chi connectivity index (χ0v) is 24.1. The number of carbonyl (C=O) groups excluding carboxylic acids is 2. The fourth-order valence-electron chi connectivity index (χ4n) is 11.0. The van der Waals surface area contributed by atoms with Gasteiger partial charge in [-0.3, -0.25) is 9.59 Å². The van der Waals surface area contributed by atoms with E-state index in [1.807, 2.05) is 24.7 Å². The van der Waals surface area contributed by atoms with Crippen LogP contribution in [0.15, 0.2) is 11.6 Å². The highest BCUT2D eigenvalue weighted by Gasteiger charge is 2.73. The molecule has 8 atom stereocenters. The van der Waals surface area contributed by atoms with Gasteiger partial charge in [-0.2, -0.15) is 5.26 Å². The smallest absolute Gasteiger partial charge is 0.231 e. The number of ketones is 2. The molecule has 0 radical (unpaired) electrons. The largest absolute Gasteiger partial charge is 0.299 e. The lowest BCUT2D eigenvalue weighted by atomic mass is 9.32. The maximum absolute atomic E-state index is 14.6. The third-order valence-corrected chi connectivity index (χ3v) is 13.2. The highest BCUT2D eigenvalue weighted by atomic mass is 16.1. The Morgan fingerprint density at radius 3 is 2.34 bits per heavy atom. The molecule has 5 aliphatic rings. The summed E-state index contributed by atoms with van der Waals surface area (Å²) < 4.78 is 0. The number of rotatable bonds is 1. The molecule has 6 rings (SSSR count). The summed E-state index contributed by atoms with van der Waals surface area (Å²) in [5.41, 5.74) is -1.07. The lowest BCUT2D eigenvalue weighted by Crippen LogP contribution is -2.75. The number of Topliss-reactive ketones (excluding diaryl/α,β-unsaturated/α-hetero) is 2. The van der Waals surface area contributed by atoms with Crippen molar-refractivity contribution in [2.45, 2.75) is 105 Å². The minimum absolute atomic E-state index is 0.0399. The van der Waals surface area contributed by atoms with Crippen molar-refractivity contribution < 1.29 is 14.4 Å². The Labute approximate surface area is 226 Å². The normalized spacial score (nSPS) is 47.1. The van der Waals surface area contributed by atoms with Gasteiger partial charge in [0.1, 0.15) is 22.6 Å². The molecule has 0 aromatic carbocycles. The van der Waals surface area contributed by atoms with Crippen LogP contribution in [0.3, 0.4) is 0 Å². The van der Waals surface area contributed by atoms with Crippen LogP contribution in [0.25, 0.3) is 0 Å². The van der Waals surface area contributed by atoms with Gasteiger partial charge in [-0.25, -0.2) is 0 Å². The number of nitrogens with one attached hydrogen (secondary N) is 1. The monoisotopic (exact) mass is 519 g/mol. The highest BCUT2D eigenvalue weighted by Crippen LogP contribution is 2.75. The Kier molecular flexibility index (Phi) is 5.17. The number of hydrogen-bond donors (Lipinski definition) is 1. The quantitative estimate of drug-likeness (QED) is 0.546. The van der Waals surface area contributed by atoms with Gasteiger partial charge in [-0.1, -0.05) is 64.6 Å². The molecule has 1 aromatic rings. The zero-order valence-electron chi connectivity index (χ0n) is 24.1. The topological polar surface area (TPSA) is 116 Å². The van der Waals surface area contributed by atoms with Gasteiger partial charge in [0.15, 0.2) is 5.78 Å². The summed E-state index contributed by atoms with van der Waals surface area (Å²) >= 11 is 0. The molecule has 4 saturated carbocycles. The molecule has 8 nitrogen and oxygen atoms in total. The Hall–Kier alpha value is -2.43. The van der Waals surface area contributed by atoms with Crippen LogP contribution in [0.4, 0.5) is 0 Å². The summed E-state index contributed by atoms with van der Waals surface area (Å²) in [5.74, 6) is 0.641. The minimum Gasteiger partial charge on any atom is -0.299 e. The molecule has 204 valence electrons. The lowest BCUT2D eigenvalue weighted by Gasteiger charge is -2.71. The van der Waals surface area contributed by atoms with Gasteiger partial charge in [0, 0.05) is 23.7 Å². The van der Waals surface area contributed by atoms with E-state index in [0.29, 0.717) is 12.2 Å². The van der Waals surface area contributed by atoms with Crippen molar-refractivity contribution in [3.05, 3.63) is 11.6 Å². The van der Waals surface area contributed by atoms with E-state index >= 15 is 0 Å². The minimum atomic E-state index is -0.609. The van der Waals surface area contributed by atoms with Crippen LogP contribution in [0.2, 0.25) is 0 Å². The van der Waals surface area contributed by atoms with Crippen LogP contribution >= 0.6 is 0 Å². The Bertz CT molecular complexity index is 1280. The number of nitrogens with zero attached hydrogens (tertiary/aromatic N) is 5. The van der Waals surface area contributed by atoms with Crippen LogP contribution in [0.5, 0.6) is 0 Å². The van der Waals surface area contributed by atoms with Crippen LogP contribution in [-0.4, -0.2) is 32.4 Å². The summed E-state index contributed by atoms with van der Waals surface area (Å²) in [7, 11) is 0. The summed E-state index contributed by atoms with van der Waals surface area (Å²) in [6.07, 6.45) is 9.36. The molecule has 8 heteroatoms. The number of H-pyrrole nitrogens is 1. The summed E-state index contributed by atoms with van der Waals surface area (Å²) in [6, 6.07) is 2.22. The van der Waals surface area contributed by atoms with E-state index in [1.54, 1.807) is 0 Å². The zero-order chi connectivity index (χ0) is 27.5. The van der Waals surface area contributed by atoms with E-state index in [9.17, 15) is 14.9 Å². The van der Waals surface area contributed by atoms with Gasteiger partial charge in [0.05, 0.1) is 5.57 Å². The molecule has 0 unspecified atom stereocenters. The SMILES string of the molecule is CC1(C)CC[C@]2([n+]3nnn[nH]3)CC[C@]3(C)[C@H](C(=O)C[C@@H]4[C@@]5(C)C=C(C#N)C(=O)C(C)(C)[C@@H]5CC[C@]43C)[C@@H]2C1. The third-order valence-electron chi connectivity index (χ3n) is 13.2. The standard InChI is InChI=1S/C30H42N6O2/c1-25(2)10-12-30(36-34-32-33-35-36)13-11-29(7)23(19(30)16-25)20(37)14-22-27(5)15-18(17-31)24(38)26(3,4)21(27)8-9-28(22,29)6/h15,19,21-23H,8-14,16H2,1-7H3/p+1/t19-,21-,22+,23-,27-,28+,29+,30-/m0/s1. The van der Waals surface area contributed by atoms with E-state index < -0.39 is 5.41 Å². The second-order valence-electron chi connectivity index (χ2n) is 15.5. The maximum atomic E-state index is 14.6. The van der Waals surface area contributed by atoms with Crippen LogP contribution in [-0.2, 0) is 15.1 Å².